The lowest BCUT2D eigenvalue weighted by atomic mass is 9.91. The van der Waals surface area contributed by atoms with Gasteiger partial charge in [-0.25, -0.2) is 0 Å². The number of carboxylic acids is 1. The van der Waals surface area contributed by atoms with Gasteiger partial charge in [-0.3, -0.25) is 9.69 Å². The van der Waals surface area contributed by atoms with E-state index >= 15 is 0 Å². The predicted octanol–water partition coefficient (Wildman–Crippen LogP) is 3.14. The molecule has 1 heterocycles. The van der Waals surface area contributed by atoms with Crippen LogP contribution in [0.5, 0.6) is 0 Å². The number of rotatable bonds is 5. The molecule has 0 amide bonds. The van der Waals surface area contributed by atoms with Crippen molar-refractivity contribution in [3.63, 3.8) is 0 Å². The van der Waals surface area contributed by atoms with Crippen LogP contribution in [0.25, 0.3) is 0 Å². The number of carbonyl (C=O) groups is 1. The first-order valence-electron chi connectivity index (χ1n) is 7.65. The Labute approximate surface area is 111 Å². The third-order valence-electron chi connectivity index (χ3n) is 4.72. The molecule has 2 fully saturated rings. The van der Waals surface area contributed by atoms with E-state index in [1.54, 1.807) is 0 Å². The van der Waals surface area contributed by atoms with Gasteiger partial charge in [0.1, 0.15) is 0 Å². The zero-order valence-electron chi connectivity index (χ0n) is 11.6. The summed E-state index contributed by atoms with van der Waals surface area (Å²) in [5, 5.41) is 8.77. The maximum atomic E-state index is 10.6. The number of carboxylic acid groups (broad SMARTS) is 1. The van der Waals surface area contributed by atoms with Crippen LogP contribution in [0.15, 0.2) is 0 Å². The SMILES string of the molecule is CCCC1CCCC(N2CC(CC(=O)O)C2)CC1. The summed E-state index contributed by atoms with van der Waals surface area (Å²) in [5.41, 5.74) is 0. The highest BCUT2D eigenvalue weighted by Gasteiger charge is 2.34. The second kappa shape index (κ2) is 6.55. The molecule has 2 unspecified atom stereocenters. The summed E-state index contributed by atoms with van der Waals surface area (Å²) < 4.78 is 0. The molecular formula is C15H27NO2. The van der Waals surface area contributed by atoms with Crippen molar-refractivity contribution in [3.8, 4) is 0 Å². The minimum Gasteiger partial charge on any atom is -0.481 e. The predicted molar refractivity (Wildman–Crippen MR) is 72.6 cm³/mol. The zero-order valence-corrected chi connectivity index (χ0v) is 11.6. The highest BCUT2D eigenvalue weighted by atomic mass is 16.4. The maximum Gasteiger partial charge on any atom is 0.303 e. The minimum absolute atomic E-state index is 0.363. The lowest BCUT2D eigenvalue weighted by Crippen LogP contribution is -2.52. The van der Waals surface area contributed by atoms with Crippen LogP contribution in [0.3, 0.4) is 0 Å². The summed E-state index contributed by atoms with van der Waals surface area (Å²) in [7, 11) is 0. The van der Waals surface area contributed by atoms with Crippen molar-refractivity contribution in [2.24, 2.45) is 11.8 Å². The molecule has 2 rings (SSSR count). The number of hydrogen-bond donors (Lipinski definition) is 1. The van der Waals surface area contributed by atoms with Crippen molar-refractivity contribution in [2.45, 2.75) is 64.3 Å². The van der Waals surface area contributed by atoms with Crippen molar-refractivity contribution < 1.29 is 9.90 Å². The zero-order chi connectivity index (χ0) is 13.0. The molecule has 0 aromatic rings. The average Bonchev–Trinajstić information content (AvgIpc) is 2.49. The van der Waals surface area contributed by atoms with Gasteiger partial charge in [0.05, 0.1) is 6.42 Å². The van der Waals surface area contributed by atoms with E-state index in [4.69, 9.17) is 5.11 Å². The summed E-state index contributed by atoms with van der Waals surface area (Å²) in [5.74, 6) is 0.733. The Morgan fingerprint density at radius 3 is 2.61 bits per heavy atom. The van der Waals surface area contributed by atoms with Crippen LogP contribution in [-0.2, 0) is 4.79 Å². The quantitative estimate of drug-likeness (QED) is 0.765. The standard InChI is InChI=1S/C15H27NO2/c1-2-4-12-5-3-6-14(8-7-12)16-10-13(11-16)9-15(17)18/h12-14H,2-11H2,1H3,(H,17,18). The molecule has 0 spiro atoms. The fourth-order valence-electron chi connectivity index (χ4n) is 3.70. The van der Waals surface area contributed by atoms with E-state index in [9.17, 15) is 4.79 Å². The van der Waals surface area contributed by atoms with Gasteiger partial charge in [-0.15, -0.1) is 0 Å². The van der Waals surface area contributed by atoms with Crippen LogP contribution in [0.2, 0.25) is 0 Å². The van der Waals surface area contributed by atoms with Gasteiger partial charge in [-0.2, -0.15) is 0 Å². The molecule has 1 N–H and O–H groups in total. The monoisotopic (exact) mass is 253 g/mol. The molecule has 1 saturated carbocycles. The molecule has 0 radical (unpaired) electrons. The van der Waals surface area contributed by atoms with Crippen molar-refractivity contribution >= 4 is 5.97 Å². The Morgan fingerprint density at radius 2 is 1.94 bits per heavy atom. The Morgan fingerprint density at radius 1 is 1.17 bits per heavy atom. The highest BCUT2D eigenvalue weighted by molar-refractivity contribution is 5.67. The normalized spacial score (nSPS) is 30.7. The van der Waals surface area contributed by atoms with E-state index in [1.165, 1.54) is 44.9 Å². The topological polar surface area (TPSA) is 40.5 Å². The van der Waals surface area contributed by atoms with Crippen LogP contribution < -0.4 is 0 Å². The second-order valence-corrected chi connectivity index (χ2v) is 6.23. The van der Waals surface area contributed by atoms with Crippen molar-refractivity contribution in [1.29, 1.82) is 0 Å². The number of hydrogen-bond acceptors (Lipinski definition) is 2. The molecule has 2 aliphatic rings. The fraction of sp³-hybridized carbons (Fsp3) is 0.933. The van der Waals surface area contributed by atoms with Crippen molar-refractivity contribution in [3.05, 3.63) is 0 Å². The van der Waals surface area contributed by atoms with Gasteiger partial charge in [-0.1, -0.05) is 32.6 Å². The first-order chi connectivity index (χ1) is 8.69. The van der Waals surface area contributed by atoms with E-state index in [-0.39, 0.29) is 0 Å². The molecule has 0 aromatic carbocycles. The Balaban J connectivity index is 1.70. The van der Waals surface area contributed by atoms with Crippen LogP contribution >= 0.6 is 0 Å². The second-order valence-electron chi connectivity index (χ2n) is 6.23. The third kappa shape index (κ3) is 3.71. The lowest BCUT2D eigenvalue weighted by molar-refractivity contribution is -0.139. The molecule has 3 heteroatoms. The summed E-state index contributed by atoms with van der Waals surface area (Å²) in [4.78, 5) is 13.2. The fourth-order valence-corrected chi connectivity index (χ4v) is 3.70. The summed E-state index contributed by atoms with van der Waals surface area (Å²) in [6.07, 6.45) is 9.92. The van der Waals surface area contributed by atoms with Gasteiger partial charge in [-0.05, 0) is 31.1 Å². The maximum absolute atomic E-state index is 10.6. The molecule has 18 heavy (non-hydrogen) atoms. The smallest absolute Gasteiger partial charge is 0.303 e. The number of nitrogens with zero attached hydrogens (tertiary/aromatic N) is 1. The summed E-state index contributed by atoms with van der Waals surface area (Å²) >= 11 is 0. The van der Waals surface area contributed by atoms with Gasteiger partial charge in [0.25, 0.3) is 0 Å². The first-order valence-corrected chi connectivity index (χ1v) is 7.65. The van der Waals surface area contributed by atoms with Gasteiger partial charge in [0.15, 0.2) is 0 Å². The molecule has 0 aromatic heterocycles. The van der Waals surface area contributed by atoms with Crippen molar-refractivity contribution in [2.75, 3.05) is 13.1 Å². The van der Waals surface area contributed by atoms with E-state index in [1.807, 2.05) is 0 Å². The Kier molecular flexibility index (Phi) is 5.04. The molecule has 104 valence electrons. The van der Waals surface area contributed by atoms with Crippen molar-refractivity contribution in [1.82, 2.24) is 4.90 Å². The Hall–Kier alpha value is -0.570. The van der Waals surface area contributed by atoms with E-state index in [0.717, 1.165) is 25.0 Å². The molecule has 1 aliphatic carbocycles. The highest BCUT2D eigenvalue weighted by Crippen LogP contribution is 2.32. The van der Waals surface area contributed by atoms with Gasteiger partial charge in [0, 0.05) is 19.1 Å². The van der Waals surface area contributed by atoms with Crippen LogP contribution in [-0.4, -0.2) is 35.1 Å². The van der Waals surface area contributed by atoms with E-state index in [2.05, 4.69) is 11.8 Å². The summed E-state index contributed by atoms with van der Waals surface area (Å²) in [6, 6.07) is 0.747. The molecule has 2 atom stereocenters. The number of aliphatic carboxylic acids is 1. The largest absolute Gasteiger partial charge is 0.481 e. The molecule has 1 aliphatic heterocycles. The minimum atomic E-state index is -0.636. The molecule has 3 nitrogen and oxygen atoms in total. The average molecular weight is 253 g/mol. The number of likely N-dealkylation sites (tertiary alicyclic amines) is 1. The van der Waals surface area contributed by atoms with Gasteiger partial charge < -0.3 is 5.11 Å². The van der Waals surface area contributed by atoms with Gasteiger partial charge in [0.2, 0.25) is 0 Å². The van der Waals surface area contributed by atoms with E-state index in [0.29, 0.717) is 12.3 Å². The van der Waals surface area contributed by atoms with E-state index < -0.39 is 5.97 Å². The molecular weight excluding hydrogens is 226 g/mol. The first kappa shape index (κ1) is 13.9. The van der Waals surface area contributed by atoms with Gasteiger partial charge >= 0.3 is 5.97 Å². The molecule has 0 bridgehead atoms. The Bertz CT molecular complexity index is 274. The molecule has 1 saturated heterocycles. The van der Waals surface area contributed by atoms with Crippen LogP contribution in [0.1, 0.15) is 58.3 Å². The summed E-state index contributed by atoms with van der Waals surface area (Å²) in [6.45, 7) is 4.33. The third-order valence-corrected chi connectivity index (χ3v) is 4.72. The van der Waals surface area contributed by atoms with Crippen LogP contribution in [0.4, 0.5) is 0 Å². The lowest BCUT2D eigenvalue weighted by Gasteiger charge is -2.44. The van der Waals surface area contributed by atoms with Crippen LogP contribution in [0, 0.1) is 11.8 Å².